The lowest BCUT2D eigenvalue weighted by atomic mass is 10.3. The minimum Gasteiger partial charge on any atom is -0.375 e. The first-order chi connectivity index (χ1) is 4.47. The highest BCUT2D eigenvalue weighted by atomic mass is 79.9. The Labute approximate surface area is 75.0 Å². The molecule has 1 N–H and O–H groups in total. The van der Waals surface area contributed by atoms with Gasteiger partial charge in [-0.25, -0.2) is 0 Å². The van der Waals surface area contributed by atoms with Gasteiger partial charge in [-0.1, -0.05) is 12.1 Å². The summed E-state index contributed by atoms with van der Waals surface area (Å²) in [5, 5.41) is 3.26. The highest BCUT2D eigenvalue weighted by molar-refractivity contribution is 8.93. The molecule has 0 aromatic heterocycles. The van der Waals surface area contributed by atoms with Crippen LogP contribution in [0, 0.1) is 0 Å². The third-order valence-electron chi connectivity index (χ3n) is 1.38. The summed E-state index contributed by atoms with van der Waals surface area (Å²) in [6.45, 7) is 0. The third-order valence-corrected chi connectivity index (χ3v) is 2.33. The van der Waals surface area contributed by atoms with Crippen LogP contribution in [0.4, 0.5) is 5.69 Å². The molecular weight excluding hydrogens is 210 g/mol. The van der Waals surface area contributed by atoms with Gasteiger partial charge in [0.25, 0.3) is 0 Å². The van der Waals surface area contributed by atoms with Gasteiger partial charge >= 0.3 is 0 Å². The van der Waals surface area contributed by atoms with Gasteiger partial charge in [-0.05, 0) is 12.1 Å². The molecule has 1 aromatic rings. The van der Waals surface area contributed by atoms with E-state index in [9.17, 15) is 0 Å². The predicted molar refractivity (Wildman–Crippen MR) is 51.1 cm³/mol. The molecule has 1 aliphatic heterocycles. The summed E-state index contributed by atoms with van der Waals surface area (Å²) in [6, 6.07) is 8.37. The standard InChI is InChI=1S/C7H7NS.BrH/c1-2-4-7-6(3-1)8-5-9-7;/h1-4,8H,5H2;1H. The summed E-state index contributed by atoms with van der Waals surface area (Å²) in [5.74, 6) is 1.03. The number of thioether (sulfide) groups is 1. The normalized spacial score (nSPS) is 13.2. The summed E-state index contributed by atoms with van der Waals surface area (Å²) in [5.41, 5.74) is 1.28. The molecule has 0 aliphatic carbocycles. The van der Waals surface area contributed by atoms with Gasteiger partial charge in [-0.3, -0.25) is 0 Å². The van der Waals surface area contributed by atoms with Crippen LogP contribution in [0.25, 0.3) is 0 Å². The van der Waals surface area contributed by atoms with Crippen molar-refractivity contribution in [3.8, 4) is 0 Å². The number of benzene rings is 1. The van der Waals surface area contributed by atoms with E-state index in [1.54, 1.807) is 0 Å². The highest BCUT2D eigenvalue weighted by Gasteiger charge is 2.06. The molecule has 54 valence electrons. The number of fused-ring (bicyclic) bond motifs is 1. The average Bonchev–Trinajstić information content (AvgIpc) is 2.33. The van der Waals surface area contributed by atoms with E-state index in [0.29, 0.717) is 0 Å². The second kappa shape index (κ2) is 3.30. The van der Waals surface area contributed by atoms with Crippen molar-refractivity contribution >= 4 is 34.4 Å². The molecule has 0 unspecified atom stereocenters. The molecule has 1 heterocycles. The number of para-hydroxylation sites is 1. The maximum Gasteiger partial charge on any atom is 0.0658 e. The fourth-order valence-corrected chi connectivity index (χ4v) is 1.78. The van der Waals surface area contributed by atoms with Gasteiger partial charge in [0.1, 0.15) is 0 Å². The molecule has 0 fully saturated rings. The topological polar surface area (TPSA) is 12.0 Å². The van der Waals surface area contributed by atoms with Gasteiger partial charge in [0, 0.05) is 10.6 Å². The van der Waals surface area contributed by atoms with Crippen molar-refractivity contribution in [2.45, 2.75) is 4.90 Å². The second-order valence-corrected chi connectivity index (χ2v) is 2.98. The van der Waals surface area contributed by atoms with E-state index < -0.39 is 0 Å². The molecule has 1 aliphatic rings. The van der Waals surface area contributed by atoms with E-state index in [1.807, 2.05) is 11.8 Å². The number of nitrogens with one attached hydrogen (secondary N) is 1. The minimum absolute atomic E-state index is 0. The number of halogens is 1. The maximum absolute atomic E-state index is 3.26. The van der Waals surface area contributed by atoms with Crippen molar-refractivity contribution in [1.29, 1.82) is 0 Å². The van der Waals surface area contributed by atoms with Crippen molar-refractivity contribution in [3.63, 3.8) is 0 Å². The van der Waals surface area contributed by atoms with E-state index in [4.69, 9.17) is 0 Å². The van der Waals surface area contributed by atoms with Crippen molar-refractivity contribution in [2.75, 3.05) is 11.2 Å². The van der Waals surface area contributed by atoms with Gasteiger partial charge in [-0.15, -0.1) is 28.7 Å². The Balaban J connectivity index is 0.000000500. The summed E-state index contributed by atoms with van der Waals surface area (Å²) >= 11 is 1.86. The Morgan fingerprint density at radius 1 is 1.30 bits per heavy atom. The van der Waals surface area contributed by atoms with Crippen molar-refractivity contribution in [3.05, 3.63) is 24.3 Å². The minimum atomic E-state index is 0. The average molecular weight is 218 g/mol. The molecule has 0 atom stereocenters. The Hall–Kier alpha value is -0.150. The zero-order valence-corrected chi connectivity index (χ0v) is 7.86. The molecule has 3 heteroatoms. The fraction of sp³-hybridized carbons (Fsp3) is 0.143. The van der Waals surface area contributed by atoms with E-state index >= 15 is 0 Å². The van der Waals surface area contributed by atoms with Gasteiger partial charge in [0.2, 0.25) is 0 Å². The van der Waals surface area contributed by atoms with Crippen LogP contribution in [-0.2, 0) is 0 Å². The Morgan fingerprint density at radius 2 is 2.10 bits per heavy atom. The molecule has 10 heavy (non-hydrogen) atoms. The van der Waals surface area contributed by atoms with Crippen LogP contribution in [0.5, 0.6) is 0 Å². The molecular formula is C7H8BrNS. The molecule has 0 radical (unpaired) electrons. The van der Waals surface area contributed by atoms with E-state index in [1.165, 1.54) is 10.6 Å². The number of rotatable bonds is 0. The molecule has 0 bridgehead atoms. The number of anilines is 1. The lowest BCUT2D eigenvalue weighted by molar-refractivity contribution is 1.43. The largest absolute Gasteiger partial charge is 0.375 e. The van der Waals surface area contributed by atoms with Crippen molar-refractivity contribution in [2.24, 2.45) is 0 Å². The van der Waals surface area contributed by atoms with E-state index in [-0.39, 0.29) is 17.0 Å². The Morgan fingerprint density at radius 3 is 2.90 bits per heavy atom. The third kappa shape index (κ3) is 1.30. The molecule has 0 saturated carbocycles. The summed E-state index contributed by atoms with van der Waals surface area (Å²) in [7, 11) is 0. The summed E-state index contributed by atoms with van der Waals surface area (Å²) < 4.78 is 0. The van der Waals surface area contributed by atoms with Gasteiger partial charge in [-0.2, -0.15) is 0 Å². The molecule has 0 saturated heterocycles. The van der Waals surface area contributed by atoms with Crippen LogP contribution in [-0.4, -0.2) is 5.88 Å². The Bertz CT molecular complexity index is 204. The second-order valence-electron chi connectivity index (χ2n) is 1.96. The zero-order valence-electron chi connectivity index (χ0n) is 5.33. The molecule has 0 spiro atoms. The van der Waals surface area contributed by atoms with Crippen molar-refractivity contribution < 1.29 is 0 Å². The first kappa shape index (κ1) is 7.95. The number of hydrogen-bond donors (Lipinski definition) is 1. The fourth-order valence-electron chi connectivity index (χ4n) is 0.930. The van der Waals surface area contributed by atoms with Crippen LogP contribution in [0.15, 0.2) is 29.2 Å². The van der Waals surface area contributed by atoms with Gasteiger partial charge < -0.3 is 5.32 Å². The van der Waals surface area contributed by atoms with Crippen LogP contribution >= 0.6 is 28.7 Å². The van der Waals surface area contributed by atoms with E-state index in [0.717, 1.165) is 5.88 Å². The van der Waals surface area contributed by atoms with Crippen LogP contribution in [0.2, 0.25) is 0 Å². The molecule has 0 amide bonds. The zero-order chi connectivity index (χ0) is 6.10. The monoisotopic (exact) mass is 217 g/mol. The molecule has 2 rings (SSSR count). The smallest absolute Gasteiger partial charge is 0.0658 e. The summed E-state index contributed by atoms with van der Waals surface area (Å²) in [4.78, 5) is 1.37. The lowest BCUT2D eigenvalue weighted by Gasteiger charge is -1.92. The Kier molecular flexibility index (Phi) is 2.63. The molecule has 1 nitrogen and oxygen atoms in total. The first-order valence-electron chi connectivity index (χ1n) is 2.92. The predicted octanol–water partition coefficient (Wildman–Crippen LogP) is 2.74. The van der Waals surface area contributed by atoms with Gasteiger partial charge in [0.15, 0.2) is 0 Å². The SMILES string of the molecule is Br.c1ccc2c(c1)NCS2. The quantitative estimate of drug-likeness (QED) is 0.718. The van der Waals surface area contributed by atoms with Gasteiger partial charge in [0.05, 0.1) is 5.88 Å². The highest BCUT2D eigenvalue weighted by Crippen LogP contribution is 2.32. The molecule has 1 aromatic carbocycles. The van der Waals surface area contributed by atoms with Crippen molar-refractivity contribution in [1.82, 2.24) is 0 Å². The van der Waals surface area contributed by atoms with Crippen LogP contribution < -0.4 is 5.32 Å². The van der Waals surface area contributed by atoms with E-state index in [2.05, 4.69) is 29.6 Å². The maximum atomic E-state index is 3.26. The number of hydrogen-bond acceptors (Lipinski definition) is 2. The lowest BCUT2D eigenvalue weighted by Crippen LogP contribution is -1.86. The van der Waals surface area contributed by atoms with Crippen LogP contribution in [0.1, 0.15) is 0 Å². The summed E-state index contributed by atoms with van der Waals surface area (Å²) in [6.07, 6.45) is 0. The first-order valence-corrected chi connectivity index (χ1v) is 3.91. The van der Waals surface area contributed by atoms with Crippen LogP contribution in [0.3, 0.4) is 0 Å².